The Morgan fingerprint density at radius 3 is 1.96 bits per heavy atom. The molecular weight excluding hydrogens is 276 g/mol. The molecule has 0 heteroatoms. The van der Waals surface area contributed by atoms with E-state index in [1.807, 2.05) is 0 Å². The van der Waals surface area contributed by atoms with Crippen LogP contribution in [-0.4, -0.2) is 0 Å². The summed E-state index contributed by atoms with van der Waals surface area (Å²) < 4.78 is 0. The van der Waals surface area contributed by atoms with Gasteiger partial charge in [-0.05, 0) is 53.5 Å². The van der Waals surface area contributed by atoms with Crippen LogP contribution < -0.4 is 0 Å². The van der Waals surface area contributed by atoms with Gasteiger partial charge < -0.3 is 0 Å². The molecule has 0 heterocycles. The minimum Gasteiger partial charge on any atom is -0.0622 e. The third kappa shape index (κ3) is 4.32. The van der Waals surface area contributed by atoms with Crippen molar-refractivity contribution in [3.63, 3.8) is 0 Å². The number of hydrogen-bond acceptors (Lipinski definition) is 0. The largest absolute Gasteiger partial charge is 0.0622 e. The fourth-order valence-electron chi connectivity index (χ4n) is 3.00. The molecule has 3 rings (SSSR count). The van der Waals surface area contributed by atoms with Crippen molar-refractivity contribution in [3.8, 4) is 11.1 Å². The van der Waals surface area contributed by atoms with Crippen LogP contribution in [0.5, 0.6) is 0 Å². The molecule has 0 aliphatic carbocycles. The molecule has 0 unspecified atom stereocenters. The van der Waals surface area contributed by atoms with Crippen molar-refractivity contribution >= 4 is 0 Å². The first kappa shape index (κ1) is 15.6. The van der Waals surface area contributed by atoms with Gasteiger partial charge >= 0.3 is 0 Å². The van der Waals surface area contributed by atoms with Gasteiger partial charge in [0.25, 0.3) is 0 Å². The summed E-state index contributed by atoms with van der Waals surface area (Å²) in [6.07, 6.45) is 4.63. The summed E-state index contributed by atoms with van der Waals surface area (Å²) in [6.45, 7) is 2.22. The Morgan fingerprint density at radius 1 is 0.565 bits per heavy atom. The Hall–Kier alpha value is -2.34. The fraction of sp³-hybridized carbons (Fsp3) is 0.217. The highest BCUT2D eigenvalue weighted by Gasteiger charge is 1.99. The van der Waals surface area contributed by atoms with Crippen LogP contribution in [0.25, 0.3) is 11.1 Å². The minimum atomic E-state index is 1.12. The quantitative estimate of drug-likeness (QED) is 0.516. The number of hydrogen-bond donors (Lipinski definition) is 0. The smallest absolute Gasteiger partial charge is 0.0184 e. The van der Waals surface area contributed by atoms with Gasteiger partial charge in [0.05, 0.1) is 0 Å². The van der Waals surface area contributed by atoms with Crippen LogP contribution in [0, 0.1) is 0 Å². The topological polar surface area (TPSA) is 0 Å². The molecule has 0 atom stereocenters. The molecule has 23 heavy (non-hydrogen) atoms. The first-order chi connectivity index (χ1) is 11.3. The lowest BCUT2D eigenvalue weighted by Crippen LogP contribution is -1.91. The standard InChI is InChI=1S/C23H24/c1-2-19-8-6-10-21(18-19)11-7-9-20-14-16-23(17-15-20)22-12-4-3-5-13-22/h3-6,8,10,12-18H,2,7,9,11H2,1H3. The van der Waals surface area contributed by atoms with Gasteiger partial charge in [-0.15, -0.1) is 0 Å². The summed E-state index contributed by atoms with van der Waals surface area (Å²) in [5.41, 5.74) is 6.91. The molecule has 3 aromatic carbocycles. The summed E-state index contributed by atoms with van der Waals surface area (Å²) >= 11 is 0. The van der Waals surface area contributed by atoms with Crippen LogP contribution >= 0.6 is 0 Å². The predicted molar refractivity (Wildman–Crippen MR) is 99.7 cm³/mol. The molecular formula is C23H24. The van der Waals surface area contributed by atoms with Crippen molar-refractivity contribution in [1.82, 2.24) is 0 Å². The van der Waals surface area contributed by atoms with E-state index in [-0.39, 0.29) is 0 Å². The number of rotatable bonds is 6. The molecule has 0 bridgehead atoms. The average Bonchev–Trinajstić information content (AvgIpc) is 2.63. The number of aryl methyl sites for hydroxylation is 3. The summed E-state index contributed by atoms with van der Waals surface area (Å²) in [6, 6.07) is 28.6. The van der Waals surface area contributed by atoms with E-state index in [0.717, 1.165) is 19.3 Å². The van der Waals surface area contributed by atoms with Crippen molar-refractivity contribution in [3.05, 3.63) is 95.6 Å². The van der Waals surface area contributed by atoms with Crippen LogP contribution in [0.3, 0.4) is 0 Å². The second-order valence-corrected chi connectivity index (χ2v) is 6.09. The van der Waals surface area contributed by atoms with Crippen LogP contribution in [0.4, 0.5) is 0 Å². The zero-order chi connectivity index (χ0) is 15.9. The lowest BCUT2D eigenvalue weighted by atomic mass is 9.99. The van der Waals surface area contributed by atoms with Crippen molar-refractivity contribution in [2.24, 2.45) is 0 Å². The van der Waals surface area contributed by atoms with E-state index >= 15 is 0 Å². The molecule has 0 amide bonds. The van der Waals surface area contributed by atoms with Crippen LogP contribution in [0.1, 0.15) is 30.0 Å². The second-order valence-electron chi connectivity index (χ2n) is 6.09. The Kier molecular flexibility index (Phi) is 5.26. The maximum Gasteiger partial charge on any atom is -0.0184 e. The third-order valence-corrected chi connectivity index (χ3v) is 4.39. The van der Waals surface area contributed by atoms with E-state index in [2.05, 4.69) is 85.8 Å². The van der Waals surface area contributed by atoms with E-state index in [0.29, 0.717) is 0 Å². The van der Waals surface area contributed by atoms with Crippen LogP contribution in [-0.2, 0) is 19.3 Å². The highest BCUT2D eigenvalue weighted by atomic mass is 14.0. The fourth-order valence-corrected chi connectivity index (χ4v) is 3.00. The minimum absolute atomic E-state index is 1.12. The molecule has 0 saturated heterocycles. The molecule has 0 fully saturated rings. The van der Waals surface area contributed by atoms with Gasteiger partial charge in [-0.2, -0.15) is 0 Å². The average molecular weight is 300 g/mol. The van der Waals surface area contributed by atoms with Gasteiger partial charge in [0.15, 0.2) is 0 Å². The van der Waals surface area contributed by atoms with Crippen molar-refractivity contribution in [2.75, 3.05) is 0 Å². The zero-order valence-corrected chi connectivity index (χ0v) is 13.8. The Balaban J connectivity index is 1.56. The van der Waals surface area contributed by atoms with E-state index in [1.54, 1.807) is 0 Å². The molecule has 116 valence electrons. The highest BCUT2D eigenvalue weighted by molar-refractivity contribution is 5.63. The lowest BCUT2D eigenvalue weighted by molar-refractivity contribution is 0.819. The first-order valence-electron chi connectivity index (χ1n) is 8.57. The molecule has 0 aliphatic rings. The Morgan fingerprint density at radius 2 is 1.22 bits per heavy atom. The van der Waals surface area contributed by atoms with E-state index in [9.17, 15) is 0 Å². The number of benzene rings is 3. The van der Waals surface area contributed by atoms with Gasteiger partial charge in [0, 0.05) is 0 Å². The molecule has 0 aliphatic heterocycles. The van der Waals surface area contributed by atoms with E-state index in [1.165, 1.54) is 34.2 Å². The Bertz CT molecular complexity index is 724. The monoisotopic (exact) mass is 300 g/mol. The molecule has 3 aromatic rings. The molecule has 0 aromatic heterocycles. The maximum absolute atomic E-state index is 2.35. The van der Waals surface area contributed by atoms with Crippen molar-refractivity contribution < 1.29 is 0 Å². The van der Waals surface area contributed by atoms with E-state index < -0.39 is 0 Å². The maximum atomic E-state index is 2.35. The SMILES string of the molecule is CCc1cccc(CCCc2ccc(-c3ccccc3)cc2)c1. The summed E-state index contributed by atoms with van der Waals surface area (Å²) in [5, 5.41) is 0. The highest BCUT2D eigenvalue weighted by Crippen LogP contribution is 2.20. The lowest BCUT2D eigenvalue weighted by Gasteiger charge is -2.06. The van der Waals surface area contributed by atoms with Gasteiger partial charge in [-0.3, -0.25) is 0 Å². The summed E-state index contributed by atoms with van der Waals surface area (Å²) in [4.78, 5) is 0. The van der Waals surface area contributed by atoms with Crippen LogP contribution in [0.15, 0.2) is 78.9 Å². The van der Waals surface area contributed by atoms with E-state index in [4.69, 9.17) is 0 Å². The predicted octanol–water partition coefficient (Wildman–Crippen LogP) is 6.09. The molecule has 0 saturated carbocycles. The summed E-state index contributed by atoms with van der Waals surface area (Å²) in [7, 11) is 0. The first-order valence-corrected chi connectivity index (χ1v) is 8.57. The van der Waals surface area contributed by atoms with Crippen molar-refractivity contribution in [2.45, 2.75) is 32.6 Å². The van der Waals surface area contributed by atoms with Gasteiger partial charge in [-0.1, -0.05) is 85.8 Å². The second kappa shape index (κ2) is 7.78. The molecule has 0 radical (unpaired) electrons. The van der Waals surface area contributed by atoms with Gasteiger partial charge in [0.1, 0.15) is 0 Å². The van der Waals surface area contributed by atoms with Gasteiger partial charge in [0.2, 0.25) is 0 Å². The normalized spacial score (nSPS) is 10.7. The summed E-state index contributed by atoms with van der Waals surface area (Å²) in [5.74, 6) is 0. The Labute approximate surface area is 139 Å². The zero-order valence-electron chi connectivity index (χ0n) is 13.8. The molecule has 0 N–H and O–H groups in total. The van der Waals surface area contributed by atoms with Crippen LogP contribution in [0.2, 0.25) is 0 Å². The van der Waals surface area contributed by atoms with Crippen molar-refractivity contribution in [1.29, 1.82) is 0 Å². The molecule has 0 spiro atoms. The van der Waals surface area contributed by atoms with Gasteiger partial charge in [-0.25, -0.2) is 0 Å². The third-order valence-electron chi connectivity index (χ3n) is 4.39. The molecule has 0 nitrogen and oxygen atoms in total.